The van der Waals surface area contributed by atoms with E-state index in [9.17, 15) is 4.79 Å². The fraction of sp³-hybridized carbons (Fsp3) is 0.733. The number of nitrogens with one attached hydrogen (secondary N) is 1. The molecule has 0 aromatic carbocycles. The van der Waals surface area contributed by atoms with Crippen molar-refractivity contribution >= 4 is 5.91 Å². The third kappa shape index (κ3) is 2.46. The van der Waals surface area contributed by atoms with Crippen LogP contribution in [0.25, 0.3) is 0 Å². The smallest absolute Gasteiger partial charge is 0.226 e. The van der Waals surface area contributed by atoms with Crippen molar-refractivity contribution in [3.63, 3.8) is 0 Å². The molecule has 1 aromatic heterocycles. The topological polar surface area (TPSA) is 50.2 Å². The number of hydrogen-bond acceptors (Lipinski definition) is 3. The lowest BCUT2D eigenvalue weighted by molar-refractivity contribution is -0.128. The first-order valence-electron chi connectivity index (χ1n) is 7.59. The number of aromatic nitrogens is 2. The molecule has 0 radical (unpaired) electrons. The van der Waals surface area contributed by atoms with Gasteiger partial charge in [0.1, 0.15) is 0 Å². The fourth-order valence-corrected chi connectivity index (χ4v) is 3.65. The number of aryl methyl sites for hydroxylation is 2. The van der Waals surface area contributed by atoms with Crippen LogP contribution < -0.4 is 5.32 Å². The molecule has 3 heterocycles. The molecule has 5 nitrogen and oxygen atoms in total. The minimum atomic E-state index is -0.0707. The van der Waals surface area contributed by atoms with Gasteiger partial charge in [-0.2, -0.15) is 5.10 Å². The maximum absolute atomic E-state index is 12.1. The largest absolute Gasteiger partial charge is 0.356 e. The lowest BCUT2D eigenvalue weighted by atomic mass is 9.79. The van der Waals surface area contributed by atoms with Crippen molar-refractivity contribution in [2.75, 3.05) is 19.6 Å². The molecule has 2 aliphatic rings. The van der Waals surface area contributed by atoms with Crippen LogP contribution in [-0.4, -0.2) is 40.2 Å². The maximum atomic E-state index is 12.1. The van der Waals surface area contributed by atoms with Crippen LogP contribution in [0.4, 0.5) is 0 Å². The Hall–Kier alpha value is -1.36. The number of likely N-dealkylation sites (tertiary alicyclic amines) is 1. The molecule has 0 bridgehead atoms. The molecule has 0 aliphatic carbocycles. The van der Waals surface area contributed by atoms with Gasteiger partial charge >= 0.3 is 0 Å². The molecule has 1 aromatic rings. The van der Waals surface area contributed by atoms with Gasteiger partial charge in [0.25, 0.3) is 0 Å². The molecule has 5 heteroatoms. The molecule has 2 fully saturated rings. The first kappa shape index (κ1) is 13.6. The van der Waals surface area contributed by atoms with E-state index in [-0.39, 0.29) is 11.3 Å². The molecule has 1 amide bonds. The van der Waals surface area contributed by atoms with Crippen LogP contribution in [0.15, 0.2) is 6.20 Å². The van der Waals surface area contributed by atoms with Crippen molar-refractivity contribution in [1.29, 1.82) is 0 Å². The van der Waals surface area contributed by atoms with Gasteiger partial charge in [-0.25, -0.2) is 0 Å². The highest BCUT2D eigenvalue weighted by Crippen LogP contribution is 2.38. The summed E-state index contributed by atoms with van der Waals surface area (Å²) in [6.45, 7) is 5.99. The van der Waals surface area contributed by atoms with Crippen molar-refractivity contribution in [1.82, 2.24) is 20.0 Å². The minimum Gasteiger partial charge on any atom is -0.356 e. The van der Waals surface area contributed by atoms with Crippen molar-refractivity contribution < 1.29 is 4.79 Å². The van der Waals surface area contributed by atoms with E-state index >= 15 is 0 Å². The number of nitrogens with zero attached hydrogens (tertiary/aromatic N) is 3. The van der Waals surface area contributed by atoms with Gasteiger partial charge in [0.15, 0.2) is 0 Å². The van der Waals surface area contributed by atoms with Crippen LogP contribution in [0.5, 0.6) is 0 Å². The minimum absolute atomic E-state index is 0.0707. The summed E-state index contributed by atoms with van der Waals surface area (Å²) in [6, 6.07) is 0. The van der Waals surface area contributed by atoms with E-state index in [4.69, 9.17) is 0 Å². The SMILES string of the molecule is Cc1nn(C)cc1CN1CCCC2(CCNC2=O)CC1. The van der Waals surface area contributed by atoms with E-state index in [1.165, 1.54) is 5.56 Å². The van der Waals surface area contributed by atoms with E-state index in [2.05, 4.69) is 28.4 Å². The Labute approximate surface area is 120 Å². The van der Waals surface area contributed by atoms with Gasteiger partial charge in [-0.1, -0.05) is 0 Å². The summed E-state index contributed by atoms with van der Waals surface area (Å²) in [5.74, 6) is 0.289. The van der Waals surface area contributed by atoms with Crippen molar-refractivity contribution in [3.05, 3.63) is 17.5 Å². The zero-order valence-electron chi connectivity index (χ0n) is 12.5. The Morgan fingerprint density at radius 1 is 1.35 bits per heavy atom. The van der Waals surface area contributed by atoms with Crippen molar-refractivity contribution in [2.45, 2.75) is 39.2 Å². The fourth-order valence-electron chi connectivity index (χ4n) is 3.65. The highest BCUT2D eigenvalue weighted by atomic mass is 16.2. The first-order chi connectivity index (χ1) is 9.59. The third-order valence-electron chi connectivity index (χ3n) is 4.92. The molecule has 2 saturated heterocycles. The van der Waals surface area contributed by atoms with Gasteiger partial charge in [-0.05, 0) is 45.7 Å². The number of amides is 1. The van der Waals surface area contributed by atoms with Crippen molar-refractivity contribution in [2.24, 2.45) is 12.5 Å². The molecule has 1 atom stereocenters. The summed E-state index contributed by atoms with van der Waals surface area (Å²) in [6.07, 6.45) is 6.29. The average molecular weight is 276 g/mol. The van der Waals surface area contributed by atoms with Gasteiger partial charge in [-0.15, -0.1) is 0 Å². The van der Waals surface area contributed by atoms with Crippen LogP contribution in [0.3, 0.4) is 0 Å². The maximum Gasteiger partial charge on any atom is 0.226 e. The molecule has 1 unspecified atom stereocenters. The van der Waals surface area contributed by atoms with Crippen LogP contribution in [0.2, 0.25) is 0 Å². The summed E-state index contributed by atoms with van der Waals surface area (Å²) < 4.78 is 1.88. The van der Waals surface area contributed by atoms with E-state index in [0.717, 1.165) is 57.6 Å². The molecule has 1 N–H and O–H groups in total. The normalized spacial score (nSPS) is 27.8. The monoisotopic (exact) mass is 276 g/mol. The summed E-state index contributed by atoms with van der Waals surface area (Å²) in [5, 5.41) is 7.42. The van der Waals surface area contributed by atoms with Gasteiger partial charge in [-0.3, -0.25) is 14.4 Å². The third-order valence-corrected chi connectivity index (χ3v) is 4.92. The molecule has 110 valence electrons. The lowest BCUT2D eigenvalue weighted by Gasteiger charge is -2.24. The van der Waals surface area contributed by atoms with Crippen LogP contribution in [0.1, 0.15) is 36.9 Å². The molecule has 2 aliphatic heterocycles. The second-order valence-electron chi connectivity index (χ2n) is 6.33. The number of hydrogen-bond donors (Lipinski definition) is 1. The van der Waals surface area contributed by atoms with E-state index in [1.54, 1.807) is 0 Å². The summed E-state index contributed by atoms with van der Waals surface area (Å²) in [4.78, 5) is 14.6. The summed E-state index contributed by atoms with van der Waals surface area (Å²) in [5.41, 5.74) is 2.35. The predicted molar refractivity (Wildman–Crippen MR) is 77.1 cm³/mol. The first-order valence-corrected chi connectivity index (χ1v) is 7.59. The van der Waals surface area contributed by atoms with Gasteiger partial charge in [0.2, 0.25) is 5.91 Å². The van der Waals surface area contributed by atoms with E-state index in [0.29, 0.717) is 0 Å². The highest BCUT2D eigenvalue weighted by molar-refractivity contribution is 5.84. The molecule has 3 rings (SSSR count). The number of rotatable bonds is 2. The average Bonchev–Trinajstić information content (AvgIpc) is 2.82. The van der Waals surface area contributed by atoms with E-state index < -0.39 is 0 Å². The van der Waals surface area contributed by atoms with Gasteiger partial charge < -0.3 is 5.32 Å². The Bertz CT molecular complexity index is 510. The predicted octanol–water partition coefficient (Wildman–Crippen LogP) is 1.22. The molecule has 1 spiro atoms. The number of carbonyl (C=O) groups is 1. The quantitative estimate of drug-likeness (QED) is 0.883. The Morgan fingerprint density at radius 3 is 2.85 bits per heavy atom. The van der Waals surface area contributed by atoms with Gasteiger partial charge in [0.05, 0.1) is 11.1 Å². The second-order valence-corrected chi connectivity index (χ2v) is 6.33. The Balaban J connectivity index is 1.66. The Kier molecular flexibility index (Phi) is 3.54. The van der Waals surface area contributed by atoms with Crippen LogP contribution in [0, 0.1) is 12.3 Å². The van der Waals surface area contributed by atoms with Gasteiger partial charge in [0, 0.05) is 31.9 Å². The lowest BCUT2D eigenvalue weighted by Crippen LogP contribution is -2.32. The molecule has 20 heavy (non-hydrogen) atoms. The number of carbonyl (C=O) groups excluding carboxylic acids is 1. The molecular formula is C15H24N4O. The highest BCUT2D eigenvalue weighted by Gasteiger charge is 2.42. The zero-order valence-corrected chi connectivity index (χ0v) is 12.5. The van der Waals surface area contributed by atoms with Crippen LogP contribution >= 0.6 is 0 Å². The standard InChI is InChI=1S/C15H24N4O/c1-12-13(10-18(2)17-12)11-19-8-3-4-15(6-9-19)5-7-16-14(15)20/h10H,3-9,11H2,1-2H3,(H,16,20). The summed E-state index contributed by atoms with van der Waals surface area (Å²) in [7, 11) is 1.97. The molecule has 0 saturated carbocycles. The zero-order chi connectivity index (χ0) is 14.2. The Morgan fingerprint density at radius 2 is 2.20 bits per heavy atom. The van der Waals surface area contributed by atoms with Crippen molar-refractivity contribution in [3.8, 4) is 0 Å². The second kappa shape index (κ2) is 5.20. The van der Waals surface area contributed by atoms with E-state index in [1.807, 2.05) is 11.7 Å². The van der Waals surface area contributed by atoms with Crippen LogP contribution in [-0.2, 0) is 18.4 Å². The summed E-state index contributed by atoms with van der Waals surface area (Å²) >= 11 is 0. The molecular weight excluding hydrogens is 252 g/mol.